The van der Waals surface area contributed by atoms with Gasteiger partial charge in [0.05, 0.1) is 13.2 Å². The Kier molecular flexibility index (Phi) is 9.72. The molecular formula is C27H43N3O5SSi. The molecule has 37 heavy (non-hydrogen) atoms. The minimum atomic E-state index is -3.92. The van der Waals surface area contributed by atoms with Gasteiger partial charge in [-0.3, -0.25) is 0 Å². The lowest BCUT2D eigenvalue weighted by molar-refractivity contribution is 0.0806. The van der Waals surface area contributed by atoms with E-state index in [1.165, 1.54) is 10.7 Å². The van der Waals surface area contributed by atoms with E-state index in [2.05, 4.69) is 36.4 Å². The van der Waals surface area contributed by atoms with Gasteiger partial charge < -0.3 is 20.1 Å². The van der Waals surface area contributed by atoms with Crippen LogP contribution in [0, 0.1) is 17.4 Å². The molecule has 3 rings (SSSR count). The molecule has 0 aromatic heterocycles. The van der Waals surface area contributed by atoms with E-state index < -0.39 is 30.2 Å². The predicted molar refractivity (Wildman–Crippen MR) is 149 cm³/mol. The van der Waals surface area contributed by atoms with E-state index >= 15 is 0 Å². The first-order valence-electron chi connectivity index (χ1n) is 13.3. The lowest BCUT2D eigenvalue weighted by Crippen LogP contribution is -2.52. The van der Waals surface area contributed by atoms with Crippen molar-refractivity contribution in [2.24, 2.45) is 5.92 Å². The second-order valence-corrected chi connectivity index (χ2v) is 18.2. The molecule has 1 heterocycles. The number of fused-ring (bicyclic) bond motifs is 1. The van der Waals surface area contributed by atoms with Crippen LogP contribution in [0.5, 0.6) is 5.75 Å². The lowest BCUT2D eigenvalue weighted by Gasteiger charge is -2.37. The molecular weight excluding hydrogens is 506 g/mol. The molecule has 1 fully saturated rings. The Balaban J connectivity index is 1.94. The van der Waals surface area contributed by atoms with Gasteiger partial charge in [0.2, 0.25) is 10.0 Å². The van der Waals surface area contributed by atoms with Crippen molar-refractivity contribution in [1.29, 1.82) is 0 Å². The summed E-state index contributed by atoms with van der Waals surface area (Å²) in [6.07, 6.45) is 5.01. The average molecular weight is 550 g/mol. The highest BCUT2D eigenvalue weighted by molar-refractivity contribution is 7.89. The zero-order chi connectivity index (χ0) is 27.4. The lowest BCUT2D eigenvalue weighted by atomic mass is 9.96. The summed E-state index contributed by atoms with van der Waals surface area (Å²) in [5.74, 6) is 3.18. The van der Waals surface area contributed by atoms with Crippen LogP contribution in [0.4, 0.5) is 4.79 Å². The molecule has 10 heteroatoms. The van der Waals surface area contributed by atoms with E-state index in [0.717, 1.165) is 25.7 Å². The van der Waals surface area contributed by atoms with Crippen molar-refractivity contribution in [2.75, 3.05) is 26.7 Å². The highest BCUT2D eigenvalue weighted by atomic mass is 32.2. The first-order valence-corrected chi connectivity index (χ1v) is 18.2. The number of hydrogen-bond acceptors (Lipinski definition) is 5. The van der Waals surface area contributed by atoms with Crippen molar-refractivity contribution < 1.29 is 23.1 Å². The van der Waals surface area contributed by atoms with E-state index in [9.17, 15) is 18.3 Å². The van der Waals surface area contributed by atoms with Crippen molar-refractivity contribution in [3.8, 4) is 17.2 Å². The highest BCUT2D eigenvalue weighted by Crippen LogP contribution is 2.34. The zero-order valence-corrected chi connectivity index (χ0v) is 24.9. The van der Waals surface area contributed by atoms with Crippen molar-refractivity contribution in [1.82, 2.24) is 14.5 Å². The van der Waals surface area contributed by atoms with Gasteiger partial charge in [0, 0.05) is 37.2 Å². The smallest absolute Gasteiger partial charge is 0.317 e. The topological polar surface area (TPSA) is 99.2 Å². The molecule has 0 spiro atoms. The number of sulfonamides is 1. The van der Waals surface area contributed by atoms with Gasteiger partial charge in [-0.15, -0.1) is 5.54 Å². The number of ether oxygens (including phenoxy) is 1. The maximum Gasteiger partial charge on any atom is 0.317 e. The third kappa shape index (κ3) is 7.73. The zero-order valence-electron chi connectivity index (χ0n) is 23.1. The van der Waals surface area contributed by atoms with Crippen LogP contribution in [0.25, 0.3) is 0 Å². The molecule has 1 aliphatic carbocycles. The third-order valence-electron chi connectivity index (χ3n) is 6.98. The Labute approximate surface area is 223 Å². The molecule has 0 saturated heterocycles. The van der Waals surface area contributed by atoms with Crippen molar-refractivity contribution >= 4 is 24.1 Å². The van der Waals surface area contributed by atoms with Crippen molar-refractivity contribution in [3.05, 3.63) is 23.8 Å². The van der Waals surface area contributed by atoms with Gasteiger partial charge in [0.15, 0.2) is 0 Å². The highest BCUT2D eigenvalue weighted by Gasteiger charge is 2.38. The maximum absolute atomic E-state index is 13.6. The number of amides is 2. The summed E-state index contributed by atoms with van der Waals surface area (Å²) in [7, 11) is -3.81. The van der Waals surface area contributed by atoms with Crippen LogP contribution in [0.15, 0.2) is 23.1 Å². The molecule has 0 radical (unpaired) electrons. The number of likely N-dealkylation sites (N-methyl/N-ethyl adjacent to an activating group) is 1. The van der Waals surface area contributed by atoms with E-state index in [-0.39, 0.29) is 41.8 Å². The van der Waals surface area contributed by atoms with E-state index in [0.29, 0.717) is 12.1 Å². The molecule has 1 aromatic carbocycles. The summed E-state index contributed by atoms with van der Waals surface area (Å²) in [6.45, 7) is 10.2. The number of hydrogen-bond donors (Lipinski definition) is 2. The average Bonchev–Trinajstić information content (AvgIpc) is 2.84. The van der Waals surface area contributed by atoms with E-state index in [1.807, 2.05) is 6.92 Å². The number of benzene rings is 1. The van der Waals surface area contributed by atoms with Gasteiger partial charge in [-0.25, -0.2) is 13.2 Å². The third-order valence-corrected chi connectivity index (χ3v) is 9.88. The summed E-state index contributed by atoms with van der Waals surface area (Å²) >= 11 is 0. The Morgan fingerprint density at radius 2 is 1.95 bits per heavy atom. The van der Waals surface area contributed by atoms with Crippen LogP contribution in [-0.4, -0.2) is 81.8 Å². The number of nitrogens with one attached hydrogen (secondary N) is 1. The maximum atomic E-state index is 13.6. The number of carbonyl (C=O) groups is 1. The molecule has 2 amide bonds. The number of urea groups is 1. The van der Waals surface area contributed by atoms with Crippen LogP contribution < -0.4 is 10.1 Å². The fourth-order valence-corrected chi connectivity index (χ4v) is 7.01. The Morgan fingerprint density at radius 3 is 2.57 bits per heavy atom. The van der Waals surface area contributed by atoms with Gasteiger partial charge in [-0.05, 0) is 38.0 Å². The molecule has 1 saturated carbocycles. The molecule has 1 aromatic rings. The Hall–Kier alpha value is -2.06. The first-order chi connectivity index (χ1) is 17.3. The van der Waals surface area contributed by atoms with Crippen LogP contribution >= 0.6 is 0 Å². The molecule has 0 bridgehead atoms. The second kappa shape index (κ2) is 12.2. The van der Waals surface area contributed by atoms with E-state index in [4.69, 9.17) is 4.74 Å². The summed E-state index contributed by atoms with van der Waals surface area (Å²) in [5.41, 5.74) is 4.00. The van der Waals surface area contributed by atoms with E-state index in [1.54, 1.807) is 37.1 Å². The molecule has 2 aliphatic rings. The minimum absolute atomic E-state index is 0.0533. The predicted octanol–water partition coefficient (Wildman–Crippen LogP) is 3.66. The van der Waals surface area contributed by atoms with Crippen molar-refractivity contribution in [2.45, 2.75) is 88.7 Å². The summed E-state index contributed by atoms with van der Waals surface area (Å²) in [4.78, 5) is 14.6. The monoisotopic (exact) mass is 549 g/mol. The van der Waals surface area contributed by atoms with Crippen LogP contribution in [0.3, 0.4) is 0 Å². The number of aliphatic hydroxyl groups excluding tert-OH is 1. The molecule has 1 aliphatic heterocycles. The minimum Gasteiger partial charge on any atom is -0.487 e. The fraction of sp³-hybridized carbons (Fsp3) is 0.667. The Morgan fingerprint density at radius 1 is 1.27 bits per heavy atom. The summed E-state index contributed by atoms with van der Waals surface area (Å²) in [6, 6.07) is 4.39. The van der Waals surface area contributed by atoms with Crippen LogP contribution in [0.1, 0.15) is 51.5 Å². The van der Waals surface area contributed by atoms with Gasteiger partial charge >= 0.3 is 6.03 Å². The second-order valence-electron chi connectivity index (χ2n) is 11.6. The molecule has 0 unspecified atom stereocenters. The number of rotatable bonds is 5. The summed E-state index contributed by atoms with van der Waals surface area (Å²) in [5, 5.41) is 13.0. The van der Waals surface area contributed by atoms with Gasteiger partial charge in [-0.2, -0.15) is 4.31 Å². The van der Waals surface area contributed by atoms with Gasteiger partial charge in [0.25, 0.3) is 0 Å². The largest absolute Gasteiger partial charge is 0.487 e. The number of carbonyl (C=O) groups excluding carboxylic acids is 1. The van der Waals surface area contributed by atoms with Gasteiger partial charge in [-0.1, -0.05) is 51.7 Å². The fourth-order valence-electron chi connectivity index (χ4n) is 4.67. The SMILES string of the molecule is C[C@@H]1CN([C@@H](C)CO)S(=O)(=O)c2ccc(C#C[Si](C)(C)C)cc2O[C@H]1CN(C)C(=O)NC1CCCCC1. The molecule has 206 valence electrons. The van der Waals surface area contributed by atoms with Crippen LogP contribution in [0.2, 0.25) is 19.6 Å². The van der Waals surface area contributed by atoms with Crippen molar-refractivity contribution in [3.63, 3.8) is 0 Å². The number of aliphatic hydroxyl groups is 1. The first kappa shape index (κ1) is 29.5. The van der Waals surface area contributed by atoms with Crippen LogP contribution in [-0.2, 0) is 10.0 Å². The number of nitrogens with zero attached hydrogens (tertiary/aromatic N) is 2. The normalized spacial score (nSPS) is 23.3. The standard InChI is InChI=1S/C27H43N3O5SSi/c1-20-17-30(21(2)19-31)36(33,34)26-13-12-22(14-15-37(4,5)6)16-24(26)35-25(20)18-29(3)27(32)28-23-10-8-7-9-11-23/h12-13,16,20-21,23,25,31H,7-11,17-19H2,1-6H3,(H,28,32)/t20-,21+,25+/m1/s1. The molecule has 8 nitrogen and oxygen atoms in total. The molecule has 2 N–H and O–H groups in total. The van der Waals surface area contributed by atoms with Gasteiger partial charge in [0.1, 0.15) is 24.8 Å². The molecule has 3 atom stereocenters. The summed E-state index contributed by atoms with van der Waals surface area (Å²) < 4.78 is 35.0. The quantitative estimate of drug-likeness (QED) is 0.431. The Bertz CT molecular complexity index is 1120.